The molecule has 1 heterocycles. The van der Waals surface area contributed by atoms with Crippen LogP contribution in [0.4, 0.5) is 0 Å². The summed E-state index contributed by atoms with van der Waals surface area (Å²) in [6.45, 7) is 9.24. The molecule has 0 fully saturated rings. The topological polar surface area (TPSA) is 53.6 Å². The first-order valence-corrected chi connectivity index (χ1v) is 5.10. The smallest absolute Gasteiger partial charge is 0.272 e. The summed E-state index contributed by atoms with van der Waals surface area (Å²) in [5.41, 5.74) is 0.0180. The van der Waals surface area contributed by atoms with Crippen LogP contribution in [0.25, 0.3) is 0 Å². The minimum Gasteiger partial charge on any atom is -0.272 e. The van der Waals surface area contributed by atoms with Gasteiger partial charge in [0.25, 0.3) is 0 Å². The lowest BCUT2D eigenvalue weighted by molar-refractivity contribution is 0.230. The second-order valence-corrected chi connectivity index (χ2v) is 5.12. The molecule has 4 nitrogen and oxygen atoms in total. The van der Waals surface area contributed by atoms with E-state index in [1.54, 1.807) is 4.57 Å². The fraction of sp³-hybridized carbons (Fsp3) is 0.778. The zero-order valence-electron chi connectivity index (χ0n) is 9.05. The van der Waals surface area contributed by atoms with E-state index in [4.69, 9.17) is 12.2 Å². The normalized spacial score (nSPS) is 14.3. The Bertz CT molecular complexity index is 379. The van der Waals surface area contributed by atoms with Gasteiger partial charge in [0.1, 0.15) is 0 Å². The van der Waals surface area contributed by atoms with Crippen LogP contribution in [0, 0.1) is 16.1 Å². The number of hydrogen-bond acceptors (Lipinski definition) is 2. The van der Waals surface area contributed by atoms with Crippen molar-refractivity contribution in [1.29, 1.82) is 0 Å². The second-order valence-electron chi connectivity index (χ2n) is 4.74. The van der Waals surface area contributed by atoms with E-state index in [0.717, 1.165) is 0 Å². The Morgan fingerprint density at radius 3 is 2.36 bits per heavy atom. The van der Waals surface area contributed by atoms with Gasteiger partial charge >= 0.3 is 5.69 Å². The van der Waals surface area contributed by atoms with E-state index in [2.05, 4.69) is 37.9 Å². The maximum absolute atomic E-state index is 11.3. The molecule has 0 saturated heterocycles. The van der Waals surface area contributed by atoms with Gasteiger partial charge in [-0.05, 0) is 23.6 Å². The summed E-state index contributed by atoms with van der Waals surface area (Å²) in [6, 6.07) is 0. The van der Waals surface area contributed by atoms with Crippen molar-refractivity contribution in [3.63, 3.8) is 0 Å². The molecule has 0 amide bonds. The van der Waals surface area contributed by atoms with E-state index in [1.807, 2.05) is 0 Å². The largest absolute Gasteiger partial charge is 0.342 e. The summed E-state index contributed by atoms with van der Waals surface area (Å²) < 4.78 is 2.02. The number of hydrogen-bond donors (Lipinski definition) is 2. The first-order valence-electron chi connectivity index (χ1n) is 4.70. The van der Waals surface area contributed by atoms with E-state index < -0.39 is 0 Å². The summed E-state index contributed by atoms with van der Waals surface area (Å²) in [5, 5.41) is 5.11. The standard InChI is InChI=1S/C9H17N3OS/c1-6(9(2,3)4)5-12-7(13)10-11-8(12)14/h6H,5H2,1-4H3,(H,10,13)(H,11,14). The molecule has 1 atom stereocenters. The highest BCUT2D eigenvalue weighted by atomic mass is 32.1. The Labute approximate surface area is 88.3 Å². The van der Waals surface area contributed by atoms with Crippen molar-refractivity contribution in [3.8, 4) is 0 Å². The van der Waals surface area contributed by atoms with Crippen LogP contribution in [-0.2, 0) is 6.54 Å². The lowest BCUT2D eigenvalue weighted by Crippen LogP contribution is -2.27. The maximum atomic E-state index is 11.3. The van der Waals surface area contributed by atoms with Crippen LogP contribution in [0.5, 0.6) is 0 Å². The molecule has 0 aliphatic carbocycles. The van der Waals surface area contributed by atoms with Gasteiger partial charge in [0.2, 0.25) is 0 Å². The number of aromatic amines is 2. The van der Waals surface area contributed by atoms with Gasteiger partial charge in [-0.25, -0.2) is 9.89 Å². The summed E-state index contributed by atoms with van der Waals surface area (Å²) in [5.74, 6) is 0.395. The molecule has 1 aromatic heterocycles. The molecule has 5 heteroatoms. The monoisotopic (exact) mass is 215 g/mol. The number of rotatable bonds is 2. The Kier molecular flexibility index (Phi) is 2.99. The first kappa shape index (κ1) is 11.2. The molecule has 2 N–H and O–H groups in total. The molecule has 0 bridgehead atoms. The van der Waals surface area contributed by atoms with Crippen molar-refractivity contribution in [2.75, 3.05) is 0 Å². The van der Waals surface area contributed by atoms with Gasteiger partial charge < -0.3 is 0 Å². The predicted molar refractivity (Wildman–Crippen MR) is 58.9 cm³/mol. The van der Waals surface area contributed by atoms with E-state index >= 15 is 0 Å². The van der Waals surface area contributed by atoms with Gasteiger partial charge in [-0.15, -0.1) is 0 Å². The number of nitrogens with one attached hydrogen (secondary N) is 2. The molecule has 1 aromatic rings. The molecule has 0 aromatic carbocycles. The lowest BCUT2D eigenvalue weighted by atomic mass is 9.82. The number of nitrogens with zero attached hydrogens (tertiary/aromatic N) is 1. The first-order chi connectivity index (χ1) is 6.32. The van der Waals surface area contributed by atoms with Crippen LogP contribution >= 0.6 is 12.2 Å². The van der Waals surface area contributed by atoms with E-state index in [-0.39, 0.29) is 11.1 Å². The van der Waals surface area contributed by atoms with Crippen LogP contribution in [0.1, 0.15) is 27.7 Å². The lowest BCUT2D eigenvalue weighted by Gasteiger charge is -2.26. The molecular weight excluding hydrogens is 198 g/mol. The fourth-order valence-electron chi connectivity index (χ4n) is 1.05. The highest BCUT2D eigenvalue weighted by Gasteiger charge is 2.21. The van der Waals surface area contributed by atoms with Gasteiger partial charge in [0.15, 0.2) is 4.77 Å². The zero-order valence-corrected chi connectivity index (χ0v) is 9.86. The number of aromatic nitrogens is 3. The Balaban J connectivity index is 2.90. The van der Waals surface area contributed by atoms with Crippen LogP contribution in [0.2, 0.25) is 0 Å². The average molecular weight is 215 g/mol. The minimum atomic E-state index is -0.161. The highest BCUT2D eigenvalue weighted by Crippen LogP contribution is 2.26. The molecular formula is C9H17N3OS. The summed E-state index contributed by atoms with van der Waals surface area (Å²) >= 11 is 4.99. The fourth-order valence-corrected chi connectivity index (χ4v) is 1.26. The van der Waals surface area contributed by atoms with Crippen molar-refractivity contribution in [2.45, 2.75) is 34.2 Å². The molecule has 1 unspecified atom stereocenters. The molecule has 1 rings (SSSR count). The maximum Gasteiger partial charge on any atom is 0.342 e. The summed E-state index contributed by atoms with van der Waals surface area (Å²) in [4.78, 5) is 11.3. The summed E-state index contributed by atoms with van der Waals surface area (Å²) in [6.07, 6.45) is 0. The van der Waals surface area contributed by atoms with Crippen molar-refractivity contribution in [2.24, 2.45) is 11.3 Å². The molecule has 0 aliphatic heterocycles. The van der Waals surface area contributed by atoms with E-state index in [1.165, 1.54) is 0 Å². The van der Waals surface area contributed by atoms with E-state index in [0.29, 0.717) is 17.2 Å². The predicted octanol–water partition coefficient (Wildman–Crippen LogP) is 1.92. The quantitative estimate of drug-likeness (QED) is 0.740. The second kappa shape index (κ2) is 3.73. The van der Waals surface area contributed by atoms with Crippen molar-refractivity contribution >= 4 is 12.2 Å². The molecule has 14 heavy (non-hydrogen) atoms. The van der Waals surface area contributed by atoms with Crippen LogP contribution in [0.3, 0.4) is 0 Å². The number of H-pyrrole nitrogens is 2. The molecule has 0 aliphatic rings. The third-order valence-corrected chi connectivity index (χ3v) is 3.02. The third kappa shape index (κ3) is 2.35. The van der Waals surface area contributed by atoms with Crippen molar-refractivity contribution < 1.29 is 0 Å². The molecule has 0 radical (unpaired) electrons. The minimum absolute atomic E-state index is 0.161. The van der Waals surface area contributed by atoms with Gasteiger partial charge in [-0.1, -0.05) is 27.7 Å². The molecule has 80 valence electrons. The van der Waals surface area contributed by atoms with Crippen LogP contribution < -0.4 is 5.69 Å². The van der Waals surface area contributed by atoms with Crippen LogP contribution in [-0.4, -0.2) is 14.8 Å². The zero-order chi connectivity index (χ0) is 10.9. The van der Waals surface area contributed by atoms with E-state index in [9.17, 15) is 4.79 Å². The average Bonchev–Trinajstić information content (AvgIpc) is 2.34. The van der Waals surface area contributed by atoms with Crippen LogP contribution in [0.15, 0.2) is 4.79 Å². The Morgan fingerprint density at radius 1 is 1.43 bits per heavy atom. The van der Waals surface area contributed by atoms with Gasteiger partial charge in [0.05, 0.1) is 0 Å². The third-order valence-electron chi connectivity index (χ3n) is 2.70. The van der Waals surface area contributed by atoms with Crippen molar-refractivity contribution in [3.05, 3.63) is 15.3 Å². The van der Waals surface area contributed by atoms with Gasteiger partial charge in [-0.3, -0.25) is 9.67 Å². The van der Waals surface area contributed by atoms with Gasteiger partial charge in [-0.2, -0.15) is 0 Å². The molecule has 0 saturated carbocycles. The SMILES string of the molecule is CC(Cn1c(=O)[nH][nH]c1=S)C(C)(C)C. The summed E-state index contributed by atoms with van der Waals surface area (Å²) in [7, 11) is 0. The molecule has 0 spiro atoms. The Hall–Kier alpha value is -0.840. The van der Waals surface area contributed by atoms with Crippen molar-refractivity contribution in [1.82, 2.24) is 14.8 Å². The van der Waals surface area contributed by atoms with Gasteiger partial charge in [0, 0.05) is 6.54 Å². The highest BCUT2D eigenvalue weighted by molar-refractivity contribution is 7.71. The Morgan fingerprint density at radius 2 is 2.00 bits per heavy atom.